The fourth-order valence-electron chi connectivity index (χ4n) is 2.50. The number of aldehydes is 1. The van der Waals surface area contributed by atoms with E-state index in [9.17, 15) is 27.5 Å². The molecule has 1 heterocycles. The Hall–Kier alpha value is -2.96. The van der Waals surface area contributed by atoms with E-state index < -0.39 is 17.6 Å². The van der Waals surface area contributed by atoms with E-state index in [2.05, 4.69) is 4.98 Å². The molecule has 3 rings (SSSR count). The van der Waals surface area contributed by atoms with E-state index in [1.165, 1.54) is 18.2 Å². The van der Waals surface area contributed by atoms with Crippen molar-refractivity contribution in [2.24, 2.45) is 0 Å². The normalized spacial score (nSPS) is 11.7. The summed E-state index contributed by atoms with van der Waals surface area (Å²) in [6.07, 6.45) is -3.31. The predicted molar refractivity (Wildman–Crippen MR) is 79.2 cm³/mol. The van der Waals surface area contributed by atoms with Crippen LogP contribution in [0.4, 0.5) is 17.6 Å². The van der Waals surface area contributed by atoms with Gasteiger partial charge in [-0.05, 0) is 18.2 Å². The van der Waals surface area contributed by atoms with Crippen LogP contribution >= 0.6 is 0 Å². The van der Waals surface area contributed by atoms with E-state index in [0.29, 0.717) is 17.7 Å². The van der Waals surface area contributed by atoms with Crippen molar-refractivity contribution in [2.45, 2.75) is 6.18 Å². The predicted octanol–water partition coefficient (Wildman–Crippen LogP) is 4.58. The summed E-state index contributed by atoms with van der Waals surface area (Å²) >= 11 is 0. The monoisotopic (exact) mass is 335 g/mol. The van der Waals surface area contributed by atoms with Gasteiger partial charge in [-0.15, -0.1) is 0 Å². The zero-order valence-corrected chi connectivity index (χ0v) is 11.9. The van der Waals surface area contributed by atoms with Gasteiger partial charge < -0.3 is 5.11 Å². The smallest absolute Gasteiger partial charge is 0.419 e. The molecule has 0 aliphatic heterocycles. The van der Waals surface area contributed by atoms with Crippen LogP contribution in [0, 0.1) is 5.82 Å². The number of rotatable bonds is 2. The molecule has 0 radical (unpaired) electrons. The van der Waals surface area contributed by atoms with Gasteiger partial charge in [-0.1, -0.05) is 12.1 Å². The molecule has 1 aromatic heterocycles. The second-order valence-electron chi connectivity index (χ2n) is 5.07. The minimum Gasteiger partial charge on any atom is -0.508 e. The molecule has 3 aromatic rings. The Labute approximate surface area is 133 Å². The van der Waals surface area contributed by atoms with Crippen molar-refractivity contribution in [3.63, 3.8) is 0 Å². The van der Waals surface area contributed by atoms with Gasteiger partial charge in [0.2, 0.25) is 0 Å². The first kappa shape index (κ1) is 15.9. The third kappa shape index (κ3) is 2.58. The van der Waals surface area contributed by atoms with E-state index in [-0.39, 0.29) is 28.0 Å². The van der Waals surface area contributed by atoms with Crippen molar-refractivity contribution >= 4 is 17.2 Å². The number of carbonyl (C=O) groups is 1. The first-order chi connectivity index (χ1) is 11.3. The topological polar surface area (TPSA) is 50.2 Å². The van der Waals surface area contributed by atoms with Gasteiger partial charge in [0, 0.05) is 34.3 Å². The molecule has 0 unspecified atom stereocenters. The molecule has 2 aromatic carbocycles. The molecule has 0 fully saturated rings. The molecular formula is C17H9F4NO2. The van der Waals surface area contributed by atoms with E-state index in [0.717, 1.165) is 18.3 Å². The number of aromatic nitrogens is 1. The van der Waals surface area contributed by atoms with Crippen molar-refractivity contribution in [2.75, 3.05) is 0 Å². The zero-order valence-electron chi connectivity index (χ0n) is 11.9. The number of hydrogen-bond acceptors (Lipinski definition) is 3. The molecule has 122 valence electrons. The van der Waals surface area contributed by atoms with Gasteiger partial charge in [-0.3, -0.25) is 9.78 Å². The van der Waals surface area contributed by atoms with Gasteiger partial charge in [0.15, 0.2) is 6.29 Å². The summed E-state index contributed by atoms with van der Waals surface area (Å²) in [7, 11) is 0. The molecule has 7 heteroatoms. The summed E-state index contributed by atoms with van der Waals surface area (Å²) in [5.74, 6) is -1.54. The fourth-order valence-corrected chi connectivity index (χ4v) is 2.50. The Morgan fingerprint density at radius 1 is 1.08 bits per heavy atom. The van der Waals surface area contributed by atoms with Crippen LogP contribution < -0.4 is 0 Å². The highest BCUT2D eigenvalue weighted by Gasteiger charge is 2.35. The summed E-state index contributed by atoms with van der Waals surface area (Å²) in [6.45, 7) is 0. The molecule has 0 aliphatic carbocycles. The maximum atomic E-state index is 14.3. The summed E-state index contributed by atoms with van der Waals surface area (Å²) in [4.78, 5) is 15.5. The number of alkyl halides is 3. The molecule has 0 saturated carbocycles. The van der Waals surface area contributed by atoms with Gasteiger partial charge in [-0.25, -0.2) is 4.39 Å². The summed E-state index contributed by atoms with van der Waals surface area (Å²) in [6, 6.07) is 6.86. The number of fused-ring (bicyclic) bond motifs is 1. The number of carbonyl (C=O) groups excluding carboxylic acids is 1. The summed E-state index contributed by atoms with van der Waals surface area (Å²) < 4.78 is 52.9. The molecule has 0 amide bonds. The van der Waals surface area contributed by atoms with Gasteiger partial charge in [-0.2, -0.15) is 13.2 Å². The highest BCUT2D eigenvalue weighted by atomic mass is 19.4. The lowest BCUT2D eigenvalue weighted by Gasteiger charge is -2.13. The minimum atomic E-state index is -4.85. The summed E-state index contributed by atoms with van der Waals surface area (Å²) in [5.41, 5.74) is -1.56. The van der Waals surface area contributed by atoms with Crippen LogP contribution in [0.1, 0.15) is 15.9 Å². The van der Waals surface area contributed by atoms with E-state index >= 15 is 0 Å². The highest BCUT2D eigenvalue weighted by molar-refractivity contribution is 6.03. The Balaban J connectivity index is 2.31. The van der Waals surface area contributed by atoms with Crippen LogP contribution in [-0.4, -0.2) is 16.4 Å². The quantitative estimate of drug-likeness (QED) is 0.551. The Bertz CT molecular complexity index is 951. The molecule has 0 bridgehead atoms. The standard InChI is InChI=1S/C17H9F4NO2/c18-16-11(2-1-3-14(16)17(19,20)21)12-7-22-15-6-9(24)4-5-10(15)13(12)8-23/h1-8,24H. The lowest BCUT2D eigenvalue weighted by atomic mass is 9.96. The van der Waals surface area contributed by atoms with Gasteiger partial charge in [0.05, 0.1) is 11.1 Å². The molecule has 0 spiro atoms. The number of pyridine rings is 1. The number of halogens is 4. The third-order valence-electron chi connectivity index (χ3n) is 3.61. The zero-order chi connectivity index (χ0) is 17.5. The van der Waals surface area contributed by atoms with Gasteiger partial charge >= 0.3 is 6.18 Å². The van der Waals surface area contributed by atoms with E-state index in [4.69, 9.17) is 0 Å². The summed E-state index contributed by atoms with van der Waals surface area (Å²) in [5, 5.41) is 9.74. The van der Waals surface area contributed by atoms with Crippen molar-refractivity contribution in [3.8, 4) is 16.9 Å². The Kier molecular flexibility index (Phi) is 3.71. The minimum absolute atomic E-state index is 0.00164. The number of nitrogens with zero attached hydrogens (tertiary/aromatic N) is 1. The molecule has 3 nitrogen and oxygen atoms in total. The average Bonchev–Trinajstić information content (AvgIpc) is 2.52. The van der Waals surface area contributed by atoms with E-state index in [1.54, 1.807) is 0 Å². The Morgan fingerprint density at radius 3 is 2.50 bits per heavy atom. The first-order valence-corrected chi connectivity index (χ1v) is 6.76. The second-order valence-corrected chi connectivity index (χ2v) is 5.07. The Morgan fingerprint density at radius 2 is 1.83 bits per heavy atom. The van der Waals surface area contributed by atoms with Gasteiger partial charge in [0.1, 0.15) is 11.6 Å². The van der Waals surface area contributed by atoms with E-state index in [1.807, 2.05) is 0 Å². The van der Waals surface area contributed by atoms with Crippen LogP contribution in [0.2, 0.25) is 0 Å². The van der Waals surface area contributed by atoms with Crippen molar-refractivity contribution < 1.29 is 27.5 Å². The fraction of sp³-hybridized carbons (Fsp3) is 0.0588. The average molecular weight is 335 g/mol. The van der Waals surface area contributed by atoms with Crippen LogP contribution in [0.3, 0.4) is 0 Å². The highest BCUT2D eigenvalue weighted by Crippen LogP contribution is 2.37. The molecule has 0 atom stereocenters. The number of phenolic OH excluding ortho intramolecular Hbond substituents is 1. The number of benzene rings is 2. The number of hydrogen-bond donors (Lipinski definition) is 1. The van der Waals surface area contributed by atoms with Crippen molar-refractivity contribution in [1.29, 1.82) is 0 Å². The van der Waals surface area contributed by atoms with Crippen LogP contribution in [0.25, 0.3) is 22.0 Å². The largest absolute Gasteiger partial charge is 0.508 e. The molecule has 24 heavy (non-hydrogen) atoms. The lowest BCUT2D eigenvalue weighted by Crippen LogP contribution is -2.09. The first-order valence-electron chi connectivity index (χ1n) is 6.76. The molecular weight excluding hydrogens is 326 g/mol. The van der Waals surface area contributed by atoms with Gasteiger partial charge in [0.25, 0.3) is 0 Å². The lowest BCUT2D eigenvalue weighted by molar-refractivity contribution is -0.139. The van der Waals surface area contributed by atoms with Crippen LogP contribution in [0.5, 0.6) is 5.75 Å². The SMILES string of the molecule is O=Cc1c(-c2cccc(C(F)(F)F)c2F)cnc2cc(O)ccc12. The number of aromatic hydroxyl groups is 1. The third-order valence-corrected chi connectivity index (χ3v) is 3.61. The van der Waals surface area contributed by atoms with Crippen molar-refractivity contribution in [1.82, 2.24) is 4.98 Å². The molecule has 0 saturated heterocycles. The maximum Gasteiger partial charge on any atom is 0.419 e. The van der Waals surface area contributed by atoms with Crippen LogP contribution in [0.15, 0.2) is 42.6 Å². The maximum absolute atomic E-state index is 14.3. The second kappa shape index (κ2) is 5.59. The molecule has 0 aliphatic rings. The number of phenols is 1. The van der Waals surface area contributed by atoms with Crippen LogP contribution in [-0.2, 0) is 6.18 Å². The van der Waals surface area contributed by atoms with Crippen molar-refractivity contribution in [3.05, 3.63) is 59.5 Å². The molecule has 1 N–H and O–H groups in total.